The molecule has 3 unspecified atom stereocenters. The highest BCUT2D eigenvalue weighted by Crippen LogP contribution is 2.32. The largest absolute Gasteiger partial charge is 0.381 e. The molecule has 1 aliphatic carbocycles. The normalized spacial score (nSPS) is 29.9. The predicted molar refractivity (Wildman–Crippen MR) is 105 cm³/mol. The molecule has 5 nitrogen and oxygen atoms in total. The van der Waals surface area contributed by atoms with Crippen molar-refractivity contribution in [1.82, 2.24) is 10.3 Å². The van der Waals surface area contributed by atoms with Crippen molar-refractivity contribution in [3.8, 4) is 0 Å². The molecule has 0 amide bonds. The summed E-state index contributed by atoms with van der Waals surface area (Å²) in [5.74, 6) is 1.79. The third kappa shape index (κ3) is 4.57. The van der Waals surface area contributed by atoms with E-state index >= 15 is 0 Å². The van der Waals surface area contributed by atoms with Crippen LogP contribution in [0.25, 0.3) is 0 Å². The van der Waals surface area contributed by atoms with E-state index in [0.29, 0.717) is 18.0 Å². The van der Waals surface area contributed by atoms with Gasteiger partial charge in [0.15, 0.2) is 0 Å². The molecule has 4 rings (SSSR count). The fraction of sp³-hybridized carbons (Fsp3) is 0.737. The number of aromatic nitrogens is 1. The standard InChI is InChI=1S/C19H30N4O.ClH/c1-2-10-23(11-3-1)19-8-7-15(13-21-19)22-17-6-4-5-16(17)18-14-24-12-9-20-18;/h7-8,13,16-18,20,22H,1-6,9-12,14H2;1H. The van der Waals surface area contributed by atoms with Gasteiger partial charge in [-0.1, -0.05) is 6.42 Å². The average Bonchev–Trinajstić information content (AvgIpc) is 3.12. The van der Waals surface area contributed by atoms with Crippen LogP contribution in [0, 0.1) is 5.92 Å². The third-order valence-electron chi connectivity index (χ3n) is 5.82. The number of pyridine rings is 1. The number of morpholine rings is 1. The number of hydrogen-bond acceptors (Lipinski definition) is 5. The van der Waals surface area contributed by atoms with Crippen molar-refractivity contribution in [2.75, 3.05) is 43.1 Å². The third-order valence-corrected chi connectivity index (χ3v) is 5.82. The van der Waals surface area contributed by atoms with Gasteiger partial charge in [0.05, 0.1) is 25.1 Å². The highest BCUT2D eigenvalue weighted by atomic mass is 35.5. The number of halogens is 1. The fourth-order valence-electron chi connectivity index (χ4n) is 4.51. The lowest BCUT2D eigenvalue weighted by atomic mass is 9.94. The second-order valence-corrected chi connectivity index (χ2v) is 7.43. The fourth-order valence-corrected chi connectivity index (χ4v) is 4.51. The van der Waals surface area contributed by atoms with Crippen LogP contribution >= 0.6 is 12.4 Å². The van der Waals surface area contributed by atoms with E-state index in [0.717, 1.165) is 44.4 Å². The molecule has 1 aromatic rings. The molecule has 3 fully saturated rings. The number of ether oxygens (including phenoxy) is 1. The van der Waals surface area contributed by atoms with Gasteiger partial charge < -0.3 is 20.3 Å². The first-order chi connectivity index (χ1) is 11.9. The SMILES string of the molecule is Cl.c1cc(N2CCCCC2)ncc1NC1CCCC1C1COCCN1. The molecule has 2 aliphatic heterocycles. The minimum absolute atomic E-state index is 0. The summed E-state index contributed by atoms with van der Waals surface area (Å²) in [6, 6.07) is 5.42. The minimum atomic E-state index is 0. The monoisotopic (exact) mass is 366 g/mol. The van der Waals surface area contributed by atoms with E-state index in [1.807, 2.05) is 6.20 Å². The van der Waals surface area contributed by atoms with Crippen molar-refractivity contribution >= 4 is 23.9 Å². The first kappa shape index (κ1) is 18.7. The predicted octanol–water partition coefficient (Wildman–Crippen LogP) is 3.06. The summed E-state index contributed by atoms with van der Waals surface area (Å²) in [7, 11) is 0. The van der Waals surface area contributed by atoms with Crippen molar-refractivity contribution in [2.45, 2.75) is 50.6 Å². The molecule has 0 bridgehead atoms. The van der Waals surface area contributed by atoms with Crippen molar-refractivity contribution in [3.05, 3.63) is 18.3 Å². The molecule has 3 atom stereocenters. The van der Waals surface area contributed by atoms with Crippen molar-refractivity contribution in [2.24, 2.45) is 5.92 Å². The van der Waals surface area contributed by atoms with Gasteiger partial charge in [0.1, 0.15) is 5.82 Å². The molecule has 3 heterocycles. The van der Waals surface area contributed by atoms with E-state index in [4.69, 9.17) is 9.72 Å². The van der Waals surface area contributed by atoms with Crippen LogP contribution in [0.1, 0.15) is 38.5 Å². The van der Waals surface area contributed by atoms with Crippen LogP contribution in [0.2, 0.25) is 0 Å². The van der Waals surface area contributed by atoms with Crippen LogP contribution in [-0.4, -0.2) is 49.9 Å². The van der Waals surface area contributed by atoms with Crippen LogP contribution in [0.3, 0.4) is 0 Å². The van der Waals surface area contributed by atoms with Crippen LogP contribution < -0.4 is 15.5 Å². The smallest absolute Gasteiger partial charge is 0.128 e. The van der Waals surface area contributed by atoms with Gasteiger partial charge in [-0.15, -0.1) is 12.4 Å². The molecule has 0 spiro atoms. The topological polar surface area (TPSA) is 49.4 Å². The molecule has 0 aromatic carbocycles. The van der Waals surface area contributed by atoms with Crippen molar-refractivity contribution < 1.29 is 4.74 Å². The van der Waals surface area contributed by atoms with Gasteiger partial charge in [0.2, 0.25) is 0 Å². The Hall–Kier alpha value is -1.04. The molecule has 0 radical (unpaired) electrons. The lowest BCUT2D eigenvalue weighted by molar-refractivity contribution is 0.0559. The van der Waals surface area contributed by atoms with Crippen LogP contribution in [0.5, 0.6) is 0 Å². The molecule has 1 aromatic heterocycles. The zero-order valence-electron chi connectivity index (χ0n) is 15.0. The van der Waals surface area contributed by atoms with Crippen LogP contribution in [-0.2, 0) is 4.74 Å². The first-order valence-electron chi connectivity index (χ1n) is 9.69. The minimum Gasteiger partial charge on any atom is -0.381 e. The summed E-state index contributed by atoms with van der Waals surface area (Å²) in [5.41, 5.74) is 1.16. The van der Waals surface area contributed by atoms with Crippen molar-refractivity contribution in [3.63, 3.8) is 0 Å². The lowest BCUT2D eigenvalue weighted by Crippen LogP contribution is -2.49. The number of hydrogen-bond donors (Lipinski definition) is 2. The summed E-state index contributed by atoms with van der Waals surface area (Å²) in [4.78, 5) is 7.12. The highest BCUT2D eigenvalue weighted by Gasteiger charge is 2.34. The Bertz CT molecular complexity index is 515. The molecule has 140 valence electrons. The van der Waals surface area contributed by atoms with Gasteiger partial charge in [-0.2, -0.15) is 0 Å². The highest BCUT2D eigenvalue weighted by molar-refractivity contribution is 5.85. The van der Waals surface area contributed by atoms with E-state index < -0.39 is 0 Å². The number of rotatable bonds is 4. The maximum atomic E-state index is 5.67. The molecule has 3 aliphatic rings. The summed E-state index contributed by atoms with van der Waals surface area (Å²) in [6.07, 6.45) is 9.81. The summed E-state index contributed by atoms with van der Waals surface area (Å²) in [5, 5.41) is 7.38. The van der Waals surface area contributed by atoms with Gasteiger partial charge in [-0.25, -0.2) is 4.98 Å². The van der Waals surface area contributed by atoms with Gasteiger partial charge in [0, 0.05) is 31.7 Å². The zero-order valence-corrected chi connectivity index (χ0v) is 15.8. The van der Waals surface area contributed by atoms with Gasteiger partial charge in [-0.05, 0) is 50.2 Å². The van der Waals surface area contributed by atoms with Crippen LogP contribution in [0.15, 0.2) is 18.3 Å². The quantitative estimate of drug-likeness (QED) is 0.857. The van der Waals surface area contributed by atoms with E-state index in [2.05, 4.69) is 27.7 Å². The Morgan fingerprint density at radius 2 is 2.00 bits per heavy atom. The van der Waals surface area contributed by atoms with Crippen molar-refractivity contribution in [1.29, 1.82) is 0 Å². The number of nitrogens with one attached hydrogen (secondary N) is 2. The average molecular weight is 367 g/mol. The van der Waals surface area contributed by atoms with Gasteiger partial charge in [-0.3, -0.25) is 0 Å². The second-order valence-electron chi connectivity index (χ2n) is 7.43. The molecular formula is C19H31ClN4O. The Balaban J connectivity index is 0.00000182. The number of piperidine rings is 1. The molecule has 2 saturated heterocycles. The zero-order chi connectivity index (χ0) is 16.2. The molecule has 1 saturated carbocycles. The summed E-state index contributed by atoms with van der Waals surface area (Å²) < 4.78 is 5.67. The number of anilines is 2. The maximum absolute atomic E-state index is 5.67. The second kappa shape index (κ2) is 9.06. The Kier molecular flexibility index (Phi) is 6.79. The molecule has 2 N–H and O–H groups in total. The van der Waals surface area contributed by atoms with Gasteiger partial charge in [0.25, 0.3) is 0 Å². The van der Waals surface area contributed by atoms with E-state index in [9.17, 15) is 0 Å². The summed E-state index contributed by atoms with van der Waals surface area (Å²) >= 11 is 0. The van der Waals surface area contributed by atoms with Gasteiger partial charge >= 0.3 is 0 Å². The van der Waals surface area contributed by atoms with E-state index in [-0.39, 0.29) is 12.4 Å². The Morgan fingerprint density at radius 1 is 1.12 bits per heavy atom. The van der Waals surface area contributed by atoms with E-state index in [1.54, 1.807) is 0 Å². The first-order valence-corrected chi connectivity index (χ1v) is 9.69. The lowest BCUT2D eigenvalue weighted by Gasteiger charge is -2.33. The van der Waals surface area contributed by atoms with Crippen LogP contribution in [0.4, 0.5) is 11.5 Å². The maximum Gasteiger partial charge on any atom is 0.128 e. The van der Waals surface area contributed by atoms with E-state index in [1.165, 1.54) is 38.5 Å². The number of nitrogens with zero attached hydrogens (tertiary/aromatic N) is 2. The molecule has 6 heteroatoms. The Morgan fingerprint density at radius 3 is 2.72 bits per heavy atom. The Labute approximate surface area is 157 Å². The molecule has 25 heavy (non-hydrogen) atoms. The molecular weight excluding hydrogens is 336 g/mol. The summed E-state index contributed by atoms with van der Waals surface area (Å²) in [6.45, 7) is 4.99.